The summed E-state index contributed by atoms with van der Waals surface area (Å²) in [5.74, 6) is -0.527. The van der Waals surface area contributed by atoms with Crippen molar-refractivity contribution in [3.8, 4) is 0 Å². The van der Waals surface area contributed by atoms with E-state index < -0.39 is 6.04 Å². The summed E-state index contributed by atoms with van der Waals surface area (Å²) >= 11 is 0. The fraction of sp³-hybridized carbons (Fsp3) is 0.333. The number of furan rings is 1. The number of fused-ring (bicyclic) bond motifs is 1. The van der Waals surface area contributed by atoms with Crippen molar-refractivity contribution in [1.82, 2.24) is 14.4 Å². The molecule has 2 aromatic heterocycles. The minimum atomic E-state index is -0.544. The minimum Gasteiger partial charge on any atom is -0.459 e. The molecule has 0 fully saturated rings. The van der Waals surface area contributed by atoms with E-state index in [0.29, 0.717) is 25.2 Å². The van der Waals surface area contributed by atoms with Crippen LogP contribution >= 0.6 is 0 Å². The van der Waals surface area contributed by atoms with E-state index in [1.807, 2.05) is 36.7 Å². The Morgan fingerprint density at radius 2 is 1.94 bits per heavy atom. The molecule has 1 aliphatic rings. The number of aromatic nitrogens is 1. The van der Waals surface area contributed by atoms with Gasteiger partial charge in [-0.2, -0.15) is 0 Å². The van der Waals surface area contributed by atoms with Crippen LogP contribution in [0.1, 0.15) is 41.7 Å². The van der Waals surface area contributed by atoms with Gasteiger partial charge in [-0.15, -0.1) is 0 Å². The zero-order valence-electron chi connectivity index (χ0n) is 17.7. The second-order valence-corrected chi connectivity index (χ2v) is 8.19. The third-order valence-corrected chi connectivity index (χ3v) is 5.49. The maximum atomic E-state index is 14.7. The Balaban J connectivity index is 1.64. The van der Waals surface area contributed by atoms with Crippen LogP contribution in [-0.4, -0.2) is 45.8 Å². The van der Waals surface area contributed by atoms with Gasteiger partial charge in [0.15, 0.2) is 5.76 Å². The van der Waals surface area contributed by atoms with Crippen molar-refractivity contribution in [1.29, 1.82) is 0 Å². The van der Waals surface area contributed by atoms with Gasteiger partial charge in [0.05, 0.1) is 6.26 Å². The Bertz CT molecular complexity index is 1060. The van der Waals surface area contributed by atoms with Gasteiger partial charge in [0.2, 0.25) is 5.91 Å². The zero-order valence-corrected chi connectivity index (χ0v) is 17.7. The lowest BCUT2D eigenvalue weighted by atomic mass is 9.99. The molecule has 2 amide bonds. The number of hydrogen-bond acceptors (Lipinski definition) is 3. The first kappa shape index (κ1) is 20.9. The van der Waals surface area contributed by atoms with Crippen LogP contribution in [0.4, 0.5) is 4.39 Å². The quantitative estimate of drug-likeness (QED) is 0.603. The first-order valence-electron chi connectivity index (χ1n) is 10.5. The monoisotopic (exact) mass is 423 g/mol. The van der Waals surface area contributed by atoms with Gasteiger partial charge in [-0.05, 0) is 36.2 Å². The molecule has 0 aliphatic carbocycles. The molecule has 7 heteroatoms. The number of hydrogen-bond donors (Lipinski definition) is 0. The molecule has 3 heterocycles. The summed E-state index contributed by atoms with van der Waals surface area (Å²) in [5, 5.41) is 0. The third-order valence-electron chi connectivity index (χ3n) is 5.49. The molecule has 0 unspecified atom stereocenters. The highest BCUT2D eigenvalue weighted by atomic mass is 19.1. The van der Waals surface area contributed by atoms with Crippen LogP contribution in [0.3, 0.4) is 0 Å². The van der Waals surface area contributed by atoms with E-state index >= 15 is 0 Å². The Labute approximate surface area is 180 Å². The number of amides is 2. The molecule has 1 aromatic carbocycles. The van der Waals surface area contributed by atoms with Gasteiger partial charge >= 0.3 is 0 Å². The summed E-state index contributed by atoms with van der Waals surface area (Å²) in [6.07, 6.45) is 3.38. The lowest BCUT2D eigenvalue weighted by Crippen LogP contribution is -2.48. The Hall–Kier alpha value is -3.35. The Kier molecular flexibility index (Phi) is 5.93. The van der Waals surface area contributed by atoms with Crippen molar-refractivity contribution in [3.05, 3.63) is 83.8 Å². The molecular weight excluding hydrogens is 397 g/mol. The Morgan fingerprint density at radius 1 is 1.13 bits per heavy atom. The topological polar surface area (TPSA) is 58.7 Å². The summed E-state index contributed by atoms with van der Waals surface area (Å²) in [6, 6.07) is 13.0. The molecule has 3 aromatic rings. The molecule has 1 atom stereocenters. The zero-order chi connectivity index (χ0) is 22.0. The molecule has 6 nitrogen and oxygen atoms in total. The third kappa shape index (κ3) is 4.26. The molecule has 4 rings (SSSR count). The van der Waals surface area contributed by atoms with Crippen LogP contribution in [0.2, 0.25) is 0 Å². The standard InChI is InChI=1S/C24H26FN3O3/c1-17(2)15-27(24(30)21-10-6-14-31-21)16-22(29)28-13-12-26-11-5-9-20(26)23(28)18-7-3-4-8-19(18)25/h3-11,14,17,23H,12-13,15-16H2,1-2H3/t23-/m0/s1. The van der Waals surface area contributed by atoms with Gasteiger partial charge in [-0.25, -0.2) is 4.39 Å². The van der Waals surface area contributed by atoms with E-state index in [-0.39, 0.29) is 35.9 Å². The molecule has 0 saturated heterocycles. The number of carbonyl (C=O) groups excluding carboxylic acids is 2. The van der Waals surface area contributed by atoms with Crippen LogP contribution < -0.4 is 0 Å². The lowest BCUT2D eigenvalue weighted by molar-refractivity contribution is -0.134. The van der Waals surface area contributed by atoms with Crippen LogP contribution in [0.25, 0.3) is 0 Å². The molecule has 31 heavy (non-hydrogen) atoms. The molecule has 0 bridgehead atoms. The summed E-state index contributed by atoms with van der Waals surface area (Å²) in [4.78, 5) is 29.6. The molecule has 0 spiro atoms. The molecule has 0 N–H and O–H groups in total. The fourth-order valence-electron chi connectivity index (χ4n) is 4.15. The van der Waals surface area contributed by atoms with Crippen molar-refractivity contribution in [3.63, 3.8) is 0 Å². The minimum absolute atomic E-state index is 0.0939. The van der Waals surface area contributed by atoms with Crippen molar-refractivity contribution in [2.75, 3.05) is 19.6 Å². The SMILES string of the molecule is CC(C)CN(CC(=O)N1CCn2cccc2[C@@H]1c1ccccc1F)C(=O)c1ccco1. The van der Waals surface area contributed by atoms with Gasteiger partial charge < -0.3 is 18.8 Å². The number of rotatable bonds is 6. The van der Waals surface area contributed by atoms with E-state index in [4.69, 9.17) is 4.42 Å². The van der Waals surface area contributed by atoms with Gasteiger partial charge in [0.25, 0.3) is 5.91 Å². The maximum absolute atomic E-state index is 14.7. The van der Waals surface area contributed by atoms with Gasteiger partial charge in [-0.1, -0.05) is 32.0 Å². The van der Waals surface area contributed by atoms with Crippen LogP contribution in [0.15, 0.2) is 65.4 Å². The van der Waals surface area contributed by atoms with Gasteiger partial charge in [-0.3, -0.25) is 9.59 Å². The lowest BCUT2D eigenvalue weighted by Gasteiger charge is -2.38. The largest absolute Gasteiger partial charge is 0.459 e. The van der Waals surface area contributed by atoms with E-state index in [2.05, 4.69) is 0 Å². The highest BCUT2D eigenvalue weighted by Crippen LogP contribution is 2.34. The normalized spacial score (nSPS) is 15.7. The summed E-state index contributed by atoms with van der Waals surface area (Å²) in [7, 11) is 0. The highest BCUT2D eigenvalue weighted by molar-refractivity contribution is 5.94. The van der Waals surface area contributed by atoms with E-state index in [1.54, 1.807) is 35.2 Å². The summed E-state index contributed by atoms with van der Waals surface area (Å²) in [6.45, 7) is 5.36. The van der Waals surface area contributed by atoms with Crippen molar-refractivity contribution >= 4 is 11.8 Å². The predicted octanol–water partition coefficient (Wildman–Crippen LogP) is 3.95. The number of carbonyl (C=O) groups is 2. The van der Waals surface area contributed by atoms with Gasteiger partial charge in [0, 0.05) is 37.1 Å². The number of halogens is 1. The average molecular weight is 423 g/mol. The highest BCUT2D eigenvalue weighted by Gasteiger charge is 2.35. The van der Waals surface area contributed by atoms with E-state index in [0.717, 1.165) is 5.69 Å². The maximum Gasteiger partial charge on any atom is 0.290 e. The predicted molar refractivity (Wildman–Crippen MR) is 114 cm³/mol. The van der Waals surface area contributed by atoms with Gasteiger partial charge in [0.1, 0.15) is 18.4 Å². The second-order valence-electron chi connectivity index (χ2n) is 8.19. The summed E-state index contributed by atoms with van der Waals surface area (Å²) < 4.78 is 22.0. The molecular formula is C24H26FN3O3. The van der Waals surface area contributed by atoms with Crippen LogP contribution in [0.5, 0.6) is 0 Å². The van der Waals surface area contributed by atoms with Crippen LogP contribution in [-0.2, 0) is 11.3 Å². The summed E-state index contributed by atoms with van der Waals surface area (Å²) in [5.41, 5.74) is 1.31. The first-order chi connectivity index (χ1) is 15.0. The van der Waals surface area contributed by atoms with E-state index in [9.17, 15) is 14.0 Å². The van der Waals surface area contributed by atoms with Crippen molar-refractivity contribution in [2.24, 2.45) is 5.92 Å². The Morgan fingerprint density at radius 3 is 2.65 bits per heavy atom. The smallest absolute Gasteiger partial charge is 0.290 e. The van der Waals surface area contributed by atoms with E-state index in [1.165, 1.54) is 17.2 Å². The van der Waals surface area contributed by atoms with Crippen LogP contribution in [0, 0.1) is 11.7 Å². The molecule has 0 radical (unpaired) electrons. The number of nitrogens with zero attached hydrogens (tertiary/aromatic N) is 3. The second kappa shape index (κ2) is 8.79. The van der Waals surface area contributed by atoms with Crippen molar-refractivity contribution in [2.45, 2.75) is 26.4 Å². The number of benzene rings is 1. The fourth-order valence-corrected chi connectivity index (χ4v) is 4.15. The van der Waals surface area contributed by atoms with Crippen molar-refractivity contribution < 1.29 is 18.4 Å². The molecule has 162 valence electrons. The average Bonchev–Trinajstić information content (AvgIpc) is 3.44. The molecule has 0 saturated carbocycles. The molecule has 1 aliphatic heterocycles. The first-order valence-corrected chi connectivity index (χ1v) is 10.5.